The minimum Gasteiger partial charge on any atom is -0.457 e. The van der Waals surface area contributed by atoms with E-state index in [0.29, 0.717) is 21.6 Å². The lowest BCUT2D eigenvalue weighted by Crippen LogP contribution is -2.29. The van der Waals surface area contributed by atoms with Crippen LogP contribution in [0.3, 0.4) is 0 Å². The smallest absolute Gasteiger partial charge is 0.258 e. The summed E-state index contributed by atoms with van der Waals surface area (Å²) in [6, 6.07) is 21.7. The van der Waals surface area contributed by atoms with Crippen molar-refractivity contribution in [2.45, 2.75) is 13.1 Å². The van der Waals surface area contributed by atoms with E-state index in [2.05, 4.69) is 31.6 Å². The Kier molecular flexibility index (Phi) is 6.34. The van der Waals surface area contributed by atoms with Crippen LogP contribution in [-0.2, 0) is 0 Å². The minimum absolute atomic E-state index is 0.142. The highest BCUT2D eigenvalue weighted by atomic mass is 32.1. The fourth-order valence-corrected chi connectivity index (χ4v) is 5.52. The van der Waals surface area contributed by atoms with Gasteiger partial charge in [-0.3, -0.25) is 4.79 Å². The summed E-state index contributed by atoms with van der Waals surface area (Å²) in [5, 5.41) is 8.52. The number of aryl methyl sites for hydroxylation is 1. The molecule has 1 amide bonds. The average Bonchev–Trinajstić information content (AvgIpc) is 3.39. The van der Waals surface area contributed by atoms with Crippen LogP contribution in [-0.4, -0.2) is 27.8 Å². The second-order valence-electron chi connectivity index (χ2n) is 9.27. The summed E-state index contributed by atoms with van der Waals surface area (Å²) >= 11 is 1.37. The number of nitrogen functional groups attached to an aromatic ring is 1. The van der Waals surface area contributed by atoms with Gasteiger partial charge in [0, 0.05) is 35.4 Å². The molecule has 1 unspecified atom stereocenters. The maximum absolute atomic E-state index is 13.4. The largest absolute Gasteiger partial charge is 0.457 e. The normalized spacial score (nSPS) is 14.2. The number of anilines is 3. The molecular formula is C30H26N6O2S. The third-order valence-corrected chi connectivity index (χ3v) is 7.66. The zero-order valence-corrected chi connectivity index (χ0v) is 22.2. The molecule has 3 aromatic carbocycles. The molecule has 2 aromatic heterocycles. The molecule has 0 saturated heterocycles. The maximum Gasteiger partial charge on any atom is 0.258 e. The van der Waals surface area contributed by atoms with Gasteiger partial charge in [0.1, 0.15) is 29.8 Å². The Labute approximate surface area is 229 Å². The number of amides is 1. The molecule has 3 heterocycles. The number of hydrogen-bond donors (Lipinski definition) is 3. The van der Waals surface area contributed by atoms with E-state index in [0.717, 1.165) is 39.6 Å². The topological polar surface area (TPSA) is 105 Å². The first kappa shape index (κ1) is 24.4. The predicted molar refractivity (Wildman–Crippen MR) is 157 cm³/mol. The van der Waals surface area contributed by atoms with Crippen molar-refractivity contribution in [3.63, 3.8) is 0 Å². The Morgan fingerprint density at radius 2 is 1.79 bits per heavy atom. The maximum atomic E-state index is 13.4. The van der Waals surface area contributed by atoms with Crippen LogP contribution in [0, 0.1) is 6.92 Å². The van der Waals surface area contributed by atoms with Crippen LogP contribution in [0.4, 0.5) is 17.2 Å². The third-order valence-electron chi connectivity index (χ3n) is 6.67. The van der Waals surface area contributed by atoms with E-state index in [1.54, 1.807) is 5.38 Å². The highest BCUT2D eigenvalue weighted by Gasteiger charge is 2.25. The zero-order chi connectivity index (χ0) is 26.9. The Morgan fingerprint density at radius 3 is 2.59 bits per heavy atom. The molecule has 0 fully saturated rings. The molecule has 4 N–H and O–H groups in total. The van der Waals surface area contributed by atoms with Crippen molar-refractivity contribution in [2.75, 3.05) is 23.4 Å². The van der Waals surface area contributed by atoms with Gasteiger partial charge in [0.05, 0.1) is 21.5 Å². The van der Waals surface area contributed by atoms with Crippen LogP contribution in [0.1, 0.15) is 33.2 Å². The first-order valence-corrected chi connectivity index (χ1v) is 13.3. The lowest BCUT2D eigenvalue weighted by atomic mass is 9.95. The predicted octanol–water partition coefficient (Wildman–Crippen LogP) is 6.65. The molecule has 5 aromatic rings. The molecule has 8 nitrogen and oxygen atoms in total. The van der Waals surface area contributed by atoms with Crippen molar-refractivity contribution in [1.82, 2.24) is 14.9 Å². The van der Waals surface area contributed by atoms with Crippen LogP contribution in [0.2, 0.25) is 0 Å². The molecule has 0 spiro atoms. The number of para-hydroxylation sites is 1. The van der Waals surface area contributed by atoms with Crippen molar-refractivity contribution < 1.29 is 9.53 Å². The summed E-state index contributed by atoms with van der Waals surface area (Å²) in [6.07, 6.45) is 5.28. The van der Waals surface area contributed by atoms with Crippen molar-refractivity contribution in [1.29, 1.82) is 0 Å². The number of nitrogens with zero attached hydrogens (tertiary/aromatic N) is 3. The van der Waals surface area contributed by atoms with Gasteiger partial charge in [-0.1, -0.05) is 30.3 Å². The summed E-state index contributed by atoms with van der Waals surface area (Å²) in [7, 11) is 2.02. The van der Waals surface area contributed by atoms with Gasteiger partial charge in [0.15, 0.2) is 0 Å². The molecule has 1 aliphatic heterocycles. The average molecular weight is 535 g/mol. The number of nitrogens with two attached hydrogens (primary N) is 1. The fourth-order valence-electron chi connectivity index (χ4n) is 4.62. The Bertz CT molecular complexity index is 1700. The molecule has 1 aliphatic rings. The van der Waals surface area contributed by atoms with E-state index in [1.165, 1.54) is 17.7 Å². The summed E-state index contributed by atoms with van der Waals surface area (Å²) in [4.78, 5) is 23.8. The van der Waals surface area contributed by atoms with Crippen LogP contribution in [0.5, 0.6) is 11.5 Å². The molecular weight excluding hydrogens is 508 g/mol. The van der Waals surface area contributed by atoms with Crippen LogP contribution in [0.15, 0.2) is 84.6 Å². The number of thiophene rings is 1. The summed E-state index contributed by atoms with van der Waals surface area (Å²) < 4.78 is 6.64. The second-order valence-corrected chi connectivity index (χ2v) is 10.1. The Morgan fingerprint density at radius 1 is 1.03 bits per heavy atom. The number of aromatic nitrogens is 2. The van der Waals surface area contributed by atoms with Gasteiger partial charge < -0.3 is 26.0 Å². The van der Waals surface area contributed by atoms with Gasteiger partial charge in [-0.2, -0.15) is 0 Å². The lowest BCUT2D eigenvalue weighted by molar-refractivity contribution is 0.102. The van der Waals surface area contributed by atoms with Gasteiger partial charge in [0.2, 0.25) is 0 Å². The zero-order valence-electron chi connectivity index (χ0n) is 21.4. The van der Waals surface area contributed by atoms with E-state index < -0.39 is 0 Å². The summed E-state index contributed by atoms with van der Waals surface area (Å²) in [5.41, 5.74) is 11.7. The molecule has 39 heavy (non-hydrogen) atoms. The van der Waals surface area contributed by atoms with Crippen molar-refractivity contribution in [2.24, 2.45) is 0 Å². The number of ether oxygens (including phenoxy) is 1. The molecule has 0 saturated carbocycles. The van der Waals surface area contributed by atoms with E-state index in [9.17, 15) is 4.79 Å². The third kappa shape index (κ3) is 4.75. The van der Waals surface area contributed by atoms with Gasteiger partial charge in [-0.25, -0.2) is 9.97 Å². The first-order valence-electron chi connectivity index (χ1n) is 12.4. The van der Waals surface area contributed by atoms with Crippen LogP contribution < -0.4 is 21.1 Å². The second kappa shape index (κ2) is 10.1. The number of fused-ring (bicyclic) bond motifs is 2. The highest BCUT2D eigenvalue weighted by Crippen LogP contribution is 2.37. The van der Waals surface area contributed by atoms with Crippen molar-refractivity contribution >= 4 is 50.7 Å². The Hall–Kier alpha value is -4.89. The van der Waals surface area contributed by atoms with Gasteiger partial charge >= 0.3 is 0 Å². The monoisotopic (exact) mass is 534 g/mol. The van der Waals surface area contributed by atoms with E-state index in [4.69, 9.17) is 10.5 Å². The number of benzene rings is 3. The standard InChI is InChI=1S/C30H26N6O2S/c1-18-8-13-23-22(25(18)35-30(37)24-16-39-27-26(24)32-17-33-28(27)31)14-15-36(2)29(23)34-19-9-11-21(12-10-19)38-20-6-4-3-5-7-20/h3-17,29,34H,1-2H3,(H,35,37)(H2,31,32,33). The SMILES string of the molecule is Cc1ccc2c(c1NC(=O)c1csc3c(N)ncnc13)C=CN(C)C2Nc1ccc(Oc2ccccc2)cc1. The summed E-state index contributed by atoms with van der Waals surface area (Å²) in [5.74, 6) is 1.69. The number of carbonyl (C=O) groups excluding carboxylic acids is 1. The van der Waals surface area contributed by atoms with E-state index in [1.807, 2.05) is 86.9 Å². The lowest BCUT2D eigenvalue weighted by Gasteiger charge is -2.34. The minimum atomic E-state index is -0.235. The molecule has 1 atom stereocenters. The fraction of sp³-hybridized carbons (Fsp3) is 0.100. The van der Waals surface area contributed by atoms with Gasteiger partial charge in [-0.05, 0) is 55.0 Å². The highest BCUT2D eigenvalue weighted by molar-refractivity contribution is 7.18. The molecule has 0 radical (unpaired) electrons. The first-order chi connectivity index (χ1) is 19.0. The number of hydrogen-bond acceptors (Lipinski definition) is 8. The molecule has 0 bridgehead atoms. The van der Waals surface area contributed by atoms with Gasteiger partial charge in [0.25, 0.3) is 5.91 Å². The van der Waals surface area contributed by atoms with Crippen LogP contribution in [0.25, 0.3) is 16.3 Å². The Balaban J connectivity index is 1.26. The molecule has 194 valence electrons. The molecule has 0 aliphatic carbocycles. The summed E-state index contributed by atoms with van der Waals surface area (Å²) in [6.45, 7) is 1.99. The van der Waals surface area contributed by atoms with Crippen molar-refractivity contribution in [3.05, 3.63) is 107 Å². The van der Waals surface area contributed by atoms with Gasteiger partial charge in [-0.15, -0.1) is 11.3 Å². The number of carbonyl (C=O) groups is 1. The molecule has 6 rings (SSSR count). The molecule has 9 heteroatoms. The van der Waals surface area contributed by atoms with E-state index >= 15 is 0 Å². The van der Waals surface area contributed by atoms with E-state index in [-0.39, 0.29) is 12.1 Å². The van der Waals surface area contributed by atoms with Crippen molar-refractivity contribution in [3.8, 4) is 11.5 Å². The van der Waals surface area contributed by atoms with Crippen LogP contribution >= 0.6 is 11.3 Å². The quantitative estimate of drug-likeness (QED) is 0.224. The number of nitrogens with one attached hydrogen (secondary N) is 2. The number of rotatable bonds is 6.